The smallest absolute Gasteiger partial charge is 0.165 e. The van der Waals surface area contributed by atoms with E-state index in [0.29, 0.717) is 6.61 Å². The molecular weight excluding hydrogens is 252 g/mol. The van der Waals surface area contributed by atoms with E-state index in [1.54, 1.807) is 6.33 Å². The van der Waals surface area contributed by atoms with Crippen LogP contribution in [0.3, 0.4) is 0 Å². The van der Waals surface area contributed by atoms with Gasteiger partial charge in [-0.2, -0.15) is 5.10 Å². The Balaban J connectivity index is 2.09. The van der Waals surface area contributed by atoms with Gasteiger partial charge >= 0.3 is 0 Å². The summed E-state index contributed by atoms with van der Waals surface area (Å²) in [7, 11) is 0. The van der Waals surface area contributed by atoms with Gasteiger partial charge in [0.2, 0.25) is 0 Å². The Kier molecular flexibility index (Phi) is 4.39. The molecule has 0 saturated carbocycles. The fourth-order valence-corrected chi connectivity index (χ4v) is 2.07. The number of benzene rings is 1. The van der Waals surface area contributed by atoms with Crippen molar-refractivity contribution >= 4 is 0 Å². The Morgan fingerprint density at radius 3 is 2.65 bits per heavy atom. The lowest BCUT2D eigenvalue weighted by Crippen LogP contribution is -2.11. The summed E-state index contributed by atoms with van der Waals surface area (Å²) in [6.07, 6.45) is 1.56. The molecule has 2 N–H and O–H groups in total. The van der Waals surface area contributed by atoms with Crippen LogP contribution in [0.1, 0.15) is 49.8 Å². The highest BCUT2D eigenvalue weighted by molar-refractivity contribution is 5.37. The predicted molar refractivity (Wildman–Crippen MR) is 78.5 cm³/mol. The van der Waals surface area contributed by atoms with Crippen LogP contribution in [-0.2, 0) is 6.61 Å². The monoisotopic (exact) mass is 274 g/mol. The van der Waals surface area contributed by atoms with Gasteiger partial charge in [0.15, 0.2) is 5.82 Å². The lowest BCUT2D eigenvalue weighted by Gasteiger charge is -2.13. The Hall–Kier alpha value is -1.88. The van der Waals surface area contributed by atoms with Gasteiger partial charge in [-0.1, -0.05) is 12.1 Å². The van der Waals surface area contributed by atoms with Crippen LogP contribution in [-0.4, -0.2) is 14.8 Å². The number of rotatable bonds is 5. The maximum Gasteiger partial charge on any atom is 0.165 e. The number of hydrogen-bond acceptors (Lipinski definition) is 4. The highest BCUT2D eigenvalue weighted by Crippen LogP contribution is 2.22. The normalized spacial score (nSPS) is 12.7. The summed E-state index contributed by atoms with van der Waals surface area (Å²) >= 11 is 0. The molecule has 108 valence electrons. The largest absolute Gasteiger partial charge is 0.485 e. The molecule has 2 rings (SSSR count). The van der Waals surface area contributed by atoms with Crippen LogP contribution in [0, 0.1) is 6.92 Å². The van der Waals surface area contributed by atoms with Crippen molar-refractivity contribution in [2.24, 2.45) is 5.73 Å². The minimum atomic E-state index is 0.0341. The molecule has 5 heteroatoms. The molecule has 1 atom stereocenters. The topological polar surface area (TPSA) is 66.0 Å². The average molecular weight is 274 g/mol. The first-order valence-electron chi connectivity index (χ1n) is 6.86. The maximum absolute atomic E-state index is 5.87. The number of nitrogens with zero attached hydrogens (tertiary/aromatic N) is 3. The Morgan fingerprint density at radius 2 is 2.05 bits per heavy atom. The fourth-order valence-electron chi connectivity index (χ4n) is 2.07. The van der Waals surface area contributed by atoms with E-state index in [1.165, 1.54) is 0 Å². The third-order valence-electron chi connectivity index (χ3n) is 3.22. The zero-order valence-electron chi connectivity index (χ0n) is 12.5. The first kappa shape index (κ1) is 14.5. The molecule has 1 aromatic carbocycles. The molecule has 0 unspecified atom stereocenters. The van der Waals surface area contributed by atoms with Crippen LogP contribution >= 0.6 is 0 Å². The molecule has 0 amide bonds. The summed E-state index contributed by atoms with van der Waals surface area (Å²) < 4.78 is 7.71. The third kappa shape index (κ3) is 3.17. The number of nitrogens with two attached hydrogens (primary N) is 1. The quantitative estimate of drug-likeness (QED) is 0.910. The van der Waals surface area contributed by atoms with Crippen molar-refractivity contribution < 1.29 is 4.74 Å². The van der Waals surface area contributed by atoms with E-state index in [4.69, 9.17) is 10.5 Å². The molecule has 1 heterocycles. The van der Waals surface area contributed by atoms with E-state index in [1.807, 2.05) is 30.7 Å². The van der Waals surface area contributed by atoms with Crippen molar-refractivity contribution in [3.8, 4) is 5.75 Å². The summed E-state index contributed by atoms with van der Waals surface area (Å²) in [4.78, 5) is 4.23. The van der Waals surface area contributed by atoms with E-state index >= 15 is 0 Å². The average Bonchev–Trinajstić information content (AvgIpc) is 2.85. The van der Waals surface area contributed by atoms with Crippen molar-refractivity contribution in [3.05, 3.63) is 41.5 Å². The summed E-state index contributed by atoms with van der Waals surface area (Å²) in [6, 6.07) is 6.33. The molecule has 2 aromatic rings. The zero-order chi connectivity index (χ0) is 14.7. The van der Waals surface area contributed by atoms with E-state index in [2.05, 4.69) is 30.0 Å². The molecule has 0 fully saturated rings. The molecule has 0 aliphatic heterocycles. The molecule has 0 spiro atoms. The van der Waals surface area contributed by atoms with Gasteiger partial charge in [-0.15, -0.1) is 0 Å². The van der Waals surface area contributed by atoms with E-state index in [0.717, 1.165) is 22.7 Å². The molecule has 5 nitrogen and oxygen atoms in total. The zero-order valence-corrected chi connectivity index (χ0v) is 12.5. The molecule has 0 bridgehead atoms. The van der Waals surface area contributed by atoms with Crippen molar-refractivity contribution in [1.82, 2.24) is 14.8 Å². The van der Waals surface area contributed by atoms with Crippen molar-refractivity contribution in [2.45, 2.75) is 46.4 Å². The number of hydrogen-bond donors (Lipinski definition) is 1. The highest BCUT2D eigenvalue weighted by Gasteiger charge is 2.09. The fraction of sp³-hybridized carbons (Fsp3) is 0.467. The SMILES string of the molecule is Cc1cc([C@H](C)N)ccc1OCc1ncnn1C(C)C. The van der Waals surface area contributed by atoms with Crippen LogP contribution < -0.4 is 10.5 Å². The first-order chi connectivity index (χ1) is 9.49. The summed E-state index contributed by atoms with van der Waals surface area (Å²) in [5, 5.41) is 4.20. The van der Waals surface area contributed by atoms with Crippen molar-refractivity contribution in [1.29, 1.82) is 0 Å². The number of aryl methyl sites for hydroxylation is 1. The van der Waals surface area contributed by atoms with Crippen LogP contribution in [0.15, 0.2) is 24.5 Å². The number of aromatic nitrogens is 3. The molecule has 1 aromatic heterocycles. The molecule has 0 aliphatic rings. The minimum Gasteiger partial charge on any atom is -0.485 e. The predicted octanol–water partition coefficient (Wildman–Crippen LogP) is 2.77. The molecule has 0 radical (unpaired) electrons. The van der Waals surface area contributed by atoms with E-state index in [9.17, 15) is 0 Å². The molecule has 0 saturated heterocycles. The minimum absolute atomic E-state index is 0.0341. The second-order valence-electron chi connectivity index (χ2n) is 5.32. The Bertz CT molecular complexity index is 575. The van der Waals surface area contributed by atoms with E-state index < -0.39 is 0 Å². The Morgan fingerprint density at radius 1 is 1.30 bits per heavy atom. The van der Waals surface area contributed by atoms with Crippen LogP contribution in [0.4, 0.5) is 0 Å². The number of ether oxygens (including phenoxy) is 1. The second-order valence-corrected chi connectivity index (χ2v) is 5.32. The standard InChI is InChI=1S/C15H22N4O/c1-10(2)19-15(17-9-18-19)8-20-14-6-5-13(12(4)16)7-11(14)3/h5-7,9-10,12H,8,16H2,1-4H3/t12-/m0/s1. The van der Waals surface area contributed by atoms with Gasteiger partial charge in [-0.25, -0.2) is 9.67 Å². The summed E-state index contributed by atoms with van der Waals surface area (Å²) in [6.45, 7) is 8.55. The van der Waals surface area contributed by atoms with Crippen molar-refractivity contribution in [2.75, 3.05) is 0 Å². The lowest BCUT2D eigenvalue weighted by atomic mass is 10.1. The second kappa shape index (κ2) is 6.05. The highest BCUT2D eigenvalue weighted by atomic mass is 16.5. The van der Waals surface area contributed by atoms with Crippen LogP contribution in [0.25, 0.3) is 0 Å². The van der Waals surface area contributed by atoms with Gasteiger partial charge in [0.05, 0.1) is 0 Å². The van der Waals surface area contributed by atoms with E-state index in [-0.39, 0.29) is 12.1 Å². The van der Waals surface area contributed by atoms with Crippen molar-refractivity contribution in [3.63, 3.8) is 0 Å². The van der Waals surface area contributed by atoms with Gasteiger partial charge in [0.1, 0.15) is 18.7 Å². The van der Waals surface area contributed by atoms with Gasteiger partial charge in [0, 0.05) is 12.1 Å². The maximum atomic E-state index is 5.87. The van der Waals surface area contributed by atoms with Gasteiger partial charge < -0.3 is 10.5 Å². The molecular formula is C15H22N4O. The molecule has 20 heavy (non-hydrogen) atoms. The molecule has 0 aliphatic carbocycles. The third-order valence-corrected chi connectivity index (χ3v) is 3.22. The van der Waals surface area contributed by atoms with Gasteiger partial charge in [-0.05, 0) is 44.9 Å². The van der Waals surface area contributed by atoms with Crippen LogP contribution in [0.2, 0.25) is 0 Å². The van der Waals surface area contributed by atoms with Gasteiger partial charge in [-0.3, -0.25) is 0 Å². The van der Waals surface area contributed by atoms with Gasteiger partial charge in [0.25, 0.3) is 0 Å². The Labute approximate surface area is 119 Å². The summed E-state index contributed by atoms with van der Waals surface area (Å²) in [5.74, 6) is 1.68. The summed E-state index contributed by atoms with van der Waals surface area (Å²) in [5.41, 5.74) is 8.06. The van der Waals surface area contributed by atoms with Crippen LogP contribution in [0.5, 0.6) is 5.75 Å². The lowest BCUT2D eigenvalue weighted by molar-refractivity contribution is 0.280. The first-order valence-corrected chi connectivity index (χ1v) is 6.86.